The average Bonchev–Trinajstić information content (AvgIpc) is 3.16. The predicted octanol–water partition coefficient (Wildman–Crippen LogP) is 4.01. The molecule has 0 aliphatic heterocycles. The number of nitrogens with zero attached hydrogens (tertiary/aromatic N) is 1. The maximum Gasteiger partial charge on any atom is 0.307 e. The molecule has 1 amide bonds. The van der Waals surface area contributed by atoms with E-state index in [-0.39, 0.29) is 5.91 Å². The van der Waals surface area contributed by atoms with Gasteiger partial charge in [0.2, 0.25) is 5.91 Å². The number of thiazole rings is 1. The standard InChI is InChI=1S/C16H18N2O3S2/c1-9-6-7-13(23-9)12-8-22-16(17-12)18-14(19)10-4-2-3-5-11(10)15(20)21/h6-8,10-11H,2-5H2,1H3,(H,20,21)(H,17,18,19)/t10-,11-/m1/s1. The Kier molecular flexibility index (Phi) is 4.77. The molecule has 1 aliphatic rings. The summed E-state index contributed by atoms with van der Waals surface area (Å²) in [5.41, 5.74) is 0.849. The second kappa shape index (κ2) is 6.80. The van der Waals surface area contributed by atoms with Crippen LogP contribution in [0, 0.1) is 18.8 Å². The molecular weight excluding hydrogens is 332 g/mol. The Balaban J connectivity index is 1.70. The smallest absolute Gasteiger partial charge is 0.307 e. The summed E-state index contributed by atoms with van der Waals surface area (Å²) in [6.07, 6.45) is 2.98. The second-order valence-corrected chi connectivity index (χ2v) is 7.92. The van der Waals surface area contributed by atoms with Crippen LogP contribution in [0.2, 0.25) is 0 Å². The first-order chi connectivity index (χ1) is 11.0. The molecule has 0 aromatic carbocycles. The van der Waals surface area contributed by atoms with Crippen molar-refractivity contribution in [2.24, 2.45) is 11.8 Å². The monoisotopic (exact) mass is 350 g/mol. The SMILES string of the molecule is Cc1ccc(-c2csc(NC(=O)[C@@H]3CCCC[C@H]3C(=O)O)n2)s1. The van der Waals surface area contributed by atoms with E-state index < -0.39 is 17.8 Å². The van der Waals surface area contributed by atoms with Crippen LogP contribution in [-0.2, 0) is 9.59 Å². The lowest BCUT2D eigenvalue weighted by Crippen LogP contribution is -2.36. The van der Waals surface area contributed by atoms with E-state index >= 15 is 0 Å². The Morgan fingerprint density at radius 1 is 1.26 bits per heavy atom. The number of hydrogen-bond acceptors (Lipinski definition) is 5. The van der Waals surface area contributed by atoms with Crippen LogP contribution in [0.1, 0.15) is 30.6 Å². The number of nitrogens with one attached hydrogen (secondary N) is 1. The summed E-state index contributed by atoms with van der Waals surface area (Å²) in [5, 5.41) is 14.5. The molecule has 1 fully saturated rings. The van der Waals surface area contributed by atoms with Crippen LogP contribution in [0.3, 0.4) is 0 Å². The van der Waals surface area contributed by atoms with Gasteiger partial charge >= 0.3 is 5.97 Å². The van der Waals surface area contributed by atoms with Gasteiger partial charge in [0.05, 0.1) is 22.4 Å². The second-order valence-electron chi connectivity index (χ2n) is 5.77. The van der Waals surface area contributed by atoms with Gasteiger partial charge in [0.1, 0.15) is 0 Å². The molecule has 5 nitrogen and oxygen atoms in total. The molecule has 3 rings (SSSR count). The molecule has 122 valence electrons. The highest BCUT2D eigenvalue weighted by molar-refractivity contribution is 7.17. The first-order valence-corrected chi connectivity index (χ1v) is 9.30. The number of carboxylic acid groups (broad SMARTS) is 1. The lowest BCUT2D eigenvalue weighted by atomic mass is 9.79. The molecule has 23 heavy (non-hydrogen) atoms. The van der Waals surface area contributed by atoms with E-state index in [9.17, 15) is 14.7 Å². The molecule has 2 aromatic heterocycles. The van der Waals surface area contributed by atoms with Crippen molar-refractivity contribution < 1.29 is 14.7 Å². The topological polar surface area (TPSA) is 79.3 Å². The molecule has 1 aliphatic carbocycles. The van der Waals surface area contributed by atoms with Crippen molar-refractivity contribution in [1.29, 1.82) is 0 Å². The minimum Gasteiger partial charge on any atom is -0.481 e. The normalized spacial score (nSPS) is 21.1. The number of hydrogen-bond donors (Lipinski definition) is 2. The van der Waals surface area contributed by atoms with Crippen molar-refractivity contribution >= 4 is 39.7 Å². The number of amides is 1. The van der Waals surface area contributed by atoms with Crippen molar-refractivity contribution in [1.82, 2.24) is 4.98 Å². The lowest BCUT2D eigenvalue weighted by molar-refractivity contribution is -0.147. The zero-order chi connectivity index (χ0) is 16.4. The summed E-state index contributed by atoms with van der Waals surface area (Å²) in [5.74, 6) is -2.14. The van der Waals surface area contributed by atoms with Gasteiger partial charge in [0.15, 0.2) is 5.13 Å². The minimum absolute atomic E-state index is 0.222. The van der Waals surface area contributed by atoms with E-state index in [2.05, 4.69) is 10.3 Å². The Morgan fingerprint density at radius 3 is 2.65 bits per heavy atom. The first kappa shape index (κ1) is 16.1. The molecule has 7 heteroatoms. The van der Waals surface area contributed by atoms with Crippen LogP contribution < -0.4 is 5.32 Å². The van der Waals surface area contributed by atoms with Gasteiger partial charge in [-0.1, -0.05) is 12.8 Å². The zero-order valence-electron chi connectivity index (χ0n) is 12.7. The Hall–Kier alpha value is -1.73. The molecule has 0 bridgehead atoms. The maximum absolute atomic E-state index is 12.4. The molecule has 0 saturated heterocycles. The Labute approximate surface area is 142 Å². The predicted molar refractivity (Wildman–Crippen MR) is 91.9 cm³/mol. The van der Waals surface area contributed by atoms with Gasteiger partial charge in [-0.15, -0.1) is 22.7 Å². The highest BCUT2D eigenvalue weighted by atomic mass is 32.1. The van der Waals surface area contributed by atoms with Crippen molar-refractivity contribution in [3.8, 4) is 10.6 Å². The third-order valence-corrected chi connectivity index (χ3v) is 5.93. The Morgan fingerprint density at radius 2 is 2.00 bits per heavy atom. The van der Waals surface area contributed by atoms with Crippen LogP contribution in [0.4, 0.5) is 5.13 Å². The van der Waals surface area contributed by atoms with Crippen molar-refractivity contribution in [3.05, 3.63) is 22.4 Å². The number of carbonyl (C=O) groups is 2. The van der Waals surface area contributed by atoms with Crippen molar-refractivity contribution in [3.63, 3.8) is 0 Å². The van der Waals surface area contributed by atoms with Gasteiger partial charge in [0, 0.05) is 10.3 Å². The van der Waals surface area contributed by atoms with Crippen LogP contribution in [-0.4, -0.2) is 22.0 Å². The summed E-state index contributed by atoms with van der Waals surface area (Å²) in [6.45, 7) is 2.04. The fourth-order valence-electron chi connectivity index (χ4n) is 2.95. The molecule has 2 heterocycles. The summed E-state index contributed by atoms with van der Waals surface area (Å²) < 4.78 is 0. The van der Waals surface area contributed by atoms with Gasteiger partial charge in [-0.25, -0.2) is 4.98 Å². The van der Waals surface area contributed by atoms with Crippen LogP contribution in [0.15, 0.2) is 17.5 Å². The lowest BCUT2D eigenvalue weighted by Gasteiger charge is -2.26. The van der Waals surface area contributed by atoms with E-state index in [1.807, 2.05) is 24.4 Å². The number of carboxylic acids is 1. The zero-order valence-corrected chi connectivity index (χ0v) is 14.4. The number of aliphatic carboxylic acids is 1. The van der Waals surface area contributed by atoms with E-state index in [0.717, 1.165) is 23.4 Å². The molecule has 1 saturated carbocycles. The van der Waals surface area contributed by atoms with Gasteiger partial charge in [0.25, 0.3) is 0 Å². The van der Waals surface area contributed by atoms with Crippen molar-refractivity contribution in [2.75, 3.05) is 5.32 Å². The fraction of sp³-hybridized carbons (Fsp3) is 0.438. The first-order valence-electron chi connectivity index (χ1n) is 7.60. The number of aromatic nitrogens is 1. The summed E-state index contributed by atoms with van der Waals surface area (Å²) in [6, 6.07) is 4.05. The molecule has 2 atom stereocenters. The largest absolute Gasteiger partial charge is 0.481 e. The number of aryl methyl sites for hydroxylation is 1. The number of rotatable bonds is 4. The van der Waals surface area contributed by atoms with E-state index in [0.29, 0.717) is 18.0 Å². The molecule has 0 spiro atoms. The summed E-state index contributed by atoms with van der Waals surface area (Å²) in [7, 11) is 0. The molecule has 2 aromatic rings. The average molecular weight is 350 g/mol. The maximum atomic E-state index is 12.4. The highest BCUT2D eigenvalue weighted by Crippen LogP contribution is 2.33. The van der Waals surface area contributed by atoms with E-state index in [1.54, 1.807) is 11.3 Å². The summed E-state index contributed by atoms with van der Waals surface area (Å²) >= 11 is 3.03. The van der Waals surface area contributed by atoms with E-state index in [4.69, 9.17) is 0 Å². The van der Waals surface area contributed by atoms with Crippen LogP contribution in [0.25, 0.3) is 10.6 Å². The van der Waals surface area contributed by atoms with Crippen LogP contribution in [0.5, 0.6) is 0 Å². The van der Waals surface area contributed by atoms with Gasteiger partial charge in [-0.05, 0) is 31.9 Å². The molecule has 0 radical (unpaired) electrons. The van der Waals surface area contributed by atoms with Crippen LogP contribution >= 0.6 is 22.7 Å². The Bertz CT molecular complexity index is 722. The third kappa shape index (κ3) is 3.61. The molecule has 0 unspecified atom stereocenters. The van der Waals surface area contributed by atoms with Crippen molar-refractivity contribution in [2.45, 2.75) is 32.6 Å². The molecular formula is C16H18N2O3S2. The van der Waals surface area contributed by atoms with E-state index in [1.165, 1.54) is 16.2 Å². The third-order valence-electron chi connectivity index (χ3n) is 4.15. The summed E-state index contributed by atoms with van der Waals surface area (Å²) in [4.78, 5) is 30.5. The van der Waals surface area contributed by atoms with Gasteiger partial charge < -0.3 is 10.4 Å². The number of carbonyl (C=O) groups excluding carboxylic acids is 1. The fourth-order valence-corrected chi connectivity index (χ4v) is 4.57. The number of anilines is 1. The van der Waals surface area contributed by atoms with Gasteiger partial charge in [-0.3, -0.25) is 9.59 Å². The highest BCUT2D eigenvalue weighted by Gasteiger charge is 2.35. The number of thiophene rings is 1. The quantitative estimate of drug-likeness (QED) is 0.873. The minimum atomic E-state index is -0.876. The van der Waals surface area contributed by atoms with Gasteiger partial charge in [-0.2, -0.15) is 0 Å². The molecule has 2 N–H and O–H groups in total.